The van der Waals surface area contributed by atoms with E-state index in [1.807, 2.05) is 0 Å². The lowest BCUT2D eigenvalue weighted by Crippen LogP contribution is -2.50. The van der Waals surface area contributed by atoms with Crippen LogP contribution in [-0.2, 0) is 4.79 Å². The maximum Gasteiger partial charge on any atom is 0.236 e. The summed E-state index contributed by atoms with van der Waals surface area (Å²) in [5.74, 6) is 1.08. The van der Waals surface area contributed by atoms with Gasteiger partial charge >= 0.3 is 0 Å². The van der Waals surface area contributed by atoms with Gasteiger partial charge in [0, 0.05) is 46.3 Å². The van der Waals surface area contributed by atoms with Crippen molar-refractivity contribution >= 4 is 5.91 Å². The van der Waals surface area contributed by atoms with Crippen molar-refractivity contribution in [2.24, 2.45) is 5.92 Å². The Bertz CT molecular complexity index is 340. The molecule has 1 amide bonds. The Balaban J connectivity index is 1.63. The minimum absolute atomic E-state index is 0.130. The molecule has 0 unspecified atom stereocenters. The molecule has 0 radical (unpaired) electrons. The number of nitrogens with zero attached hydrogens (tertiary/aromatic N) is 4. The second-order valence-corrected chi connectivity index (χ2v) is 5.74. The van der Waals surface area contributed by atoms with Crippen LogP contribution in [0.2, 0.25) is 0 Å². The molecule has 106 valence electrons. The van der Waals surface area contributed by atoms with Gasteiger partial charge in [0.15, 0.2) is 0 Å². The standard InChI is InChI=1S/C14H24N4O/c1-16(6-2-5-15)14(19)12-18-9-7-17(8-10-18)11-13-3-4-13/h13H,2-4,6-12H2,1H3. The number of hydrogen-bond donors (Lipinski definition) is 0. The van der Waals surface area contributed by atoms with Crippen LogP contribution in [0.1, 0.15) is 19.3 Å². The summed E-state index contributed by atoms with van der Waals surface area (Å²) in [5, 5.41) is 8.52. The number of amides is 1. The number of hydrogen-bond acceptors (Lipinski definition) is 4. The van der Waals surface area contributed by atoms with E-state index in [0.29, 0.717) is 19.5 Å². The third kappa shape index (κ3) is 4.81. The highest BCUT2D eigenvalue weighted by atomic mass is 16.2. The zero-order valence-electron chi connectivity index (χ0n) is 11.8. The number of likely N-dealkylation sites (N-methyl/N-ethyl adjacent to an activating group) is 1. The van der Waals surface area contributed by atoms with Gasteiger partial charge in [-0.25, -0.2) is 0 Å². The topological polar surface area (TPSA) is 50.6 Å². The van der Waals surface area contributed by atoms with Crippen molar-refractivity contribution in [2.45, 2.75) is 19.3 Å². The smallest absolute Gasteiger partial charge is 0.236 e. The van der Waals surface area contributed by atoms with Crippen LogP contribution in [0.4, 0.5) is 0 Å². The van der Waals surface area contributed by atoms with E-state index < -0.39 is 0 Å². The minimum atomic E-state index is 0.130. The minimum Gasteiger partial charge on any atom is -0.344 e. The lowest BCUT2D eigenvalue weighted by atomic mass is 10.2. The molecule has 0 aromatic heterocycles. The van der Waals surface area contributed by atoms with Crippen LogP contribution in [0.3, 0.4) is 0 Å². The van der Waals surface area contributed by atoms with Crippen molar-refractivity contribution < 1.29 is 4.79 Å². The van der Waals surface area contributed by atoms with Crippen LogP contribution in [-0.4, -0.2) is 73.5 Å². The Morgan fingerprint density at radius 3 is 2.47 bits per heavy atom. The SMILES string of the molecule is CN(CCC#N)C(=O)CN1CCN(CC2CC2)CC1. The van der Waals surface area contributed by atoms with E-state index in [4.69, 9.17) is 5.26 Å². The Morgan fingerprint density at radius 2 is 1.89 bits per heavy atom. The summed E-state index contributed by atoms with van der Waals surface area (Å²) < 4.78 is 0. The van der Waals surface area contributed by atoms with Crippen LogP contribution in [0, 0.1) is 17.2 Å². The summed E-state index contributed by atoms with van der Waals surface area (Å²) >= 11 is 0. The van der Waals surface area contributed by atoms with Crippen molar-refractivity contribution in [1.29, 1.82) is 5.26 Å². The lowest BCUT2D eigenvalue weighted by Gasteiger charge is -2.35. The Morgan fingerprint density at radius 1 is 1.26 bits per heavy atom. The fourth-order valence-electron chi connectivity index (χ4n) is 2.45. The molecule has 1 saturated heterocycles. The van der Waals surface area contributed by atoms with E-state index in [-0.39, 0.29) is 5.91 Å². The monoisotopic (exact) mass is 264 g/mol. The largest absolute Gasteiger partial charge is 0.344 e. The number of piperazine rings is 1. The number of nitriles is 1. The predicted octanol–water partition coefficient (Wildman–Crippen LogP) is 0.386. The molecule has 1 heterocycles. The van der Waals surface area contributed by atoms with E-state index in [0.717, 1.165) is 32.1 Å². The molecule has 0 bridgehead atoms. The van der Waals surface area contributed by atoms with E-state index in [1.165, 1.54) is 19.4 Å². The first-order valence-electron chi connectivity index (χ1n) is 7.24. The van der Waals surface area contributed by atoms with Crippen molar-refractivity contribution in [3.63, 3.8) is 0 Å². The van der Waals surface area contributed by atoms with Crippen molar-refractivity contribution in [1.82, 2.24) is 14.7 Å². The lowest BCUT2D eigenvalue weighted by molar-refractivity contribution is -0.131. The van der Waals surface area contributed by atoms with Crippen LogP contribution in [0.15, 0.2) is 0 Å². The summed E-state index contributed by atoms with van der Waals surface area (Å²) in [6.07, 6.45) is 3.22. The number of rotatable bonds is 6. The van der Waals surface area contributed by atoms with Crippen LogP contribution < -0.4 is 0 Å². The van der Waals surface area contributed by atoms with E-state index in [9.17, 15) is 4.79 Å². The quantitative estimate of drug-likeness (QED) is 0.696. The molecule has 19 heavy (non-hydrogen) atoms. The van der Waals surface area contributed by atoms with E-state index >= 15 is 0 Å². The molecule has 0 N–H and O–H groups in total. The van der Waals surface area contributed by atoms with Gasteiger partial charge in [0.25, 0.3) is 0 Å². The van der Waals surface area contributed by atoms with Gasteiger partial charge in [0.05, 0.1) is 19.0 Å². The highest BCUT2D eigenvalue weighted by Gasteiger charge is 2.27. The average molecular weight is 264 g/mol. The van der Waals surface area contributed by atoms with Gasteiger partial charge in [-0.1, -0.05) is 0 Å². The molecule has 1 saturated carbocycles. The van der Waals surface area contributed by atoms with Crippen molar-refractivity contribution in [3.05, 3.63) is 0 Å². The molecule has 1 aliphatic carbocycles. The van der Waals surface area contributed by atoms with Crippen LogP contribution in [0.5, 0.6) is 0 Å². The molecule has 0 aromatic carbocycles. The highest BCUT2D eigenvalue weighted by molar-refractivity contribution is 5.78. The second-order valence-electron chi connectivity index (χ2n) is 5.74. The molecule has 1 aliphatic heterocycles. The summed E-state index contributed by atoms with van der Waals surface area (Å²) in [6.45, 7) is 6.45. The highest BCUT2D eigenvalue weighted by Crippen LogP contribution is 2.29. The second kappa shape index (κ2) is 6.88. The molecule has 0 atom stereocenters. The molecular weight excluding hydrogens is 240 g/mol. The normalized spacial score (nSPS) is 21.1. The van der Waals surface area contributed by atoms with Gasteiger partial charge in [-0.15, -0.1) is 0 Å². The predicted molar refractivity (Wildman–Crippen MR) is 73.5 cm³/mol. The van der Waals surface area contributed by atoms with E-state index in [1.54, 1.807) is 11.9 Å². The third-order valence-corrected chi connectivity index (χ3v) is 4.02. The summed E-state index contributed by atoms with van der Waals surface area (Å²) in [7, 11) is 1.78. The number of carbonyl (C=O) groups excluding carboxylic acids is 1. The first-order valence-corrected chi connectivity index (χ1v) is 7.24. The fourth-order valence-corrected chi connectivity index (χ4v) is 2.45. The van der Waals surface area contributed by atoms with Crippen molar-refractivity contribution in [2.75, 3.05) is 52.9 Å². The van der Waals surface area contributed by atoms with Gasteiger partial charge in [-0.3, -0.25) is 9.69 Å². The summed E-state index contributed by atoms with van der Waals surface area (Å²) in [4.78, 5) is 18.4. The third-order valence-electron chi connectivity index (χ3n) is 4.02. The molecule has 5 nitrogen and oxygen atoms in total. The Hall–Kier alpha value is -1.12. The van der Waals surface area contributed by atoms with Gasteiger partial charge in [0.2, 0.25) is 5.91 Å². The van der Waals surface area contributed by atoms with Gasteiger partial charge < -0.3 is 9.80 Å². The molecule has 2 rings (SSSR count). The number of carbonyl (C=O) groups is 1. The summed E-state index contributed by atoms with van der Waals surface area (Å²) in [5.41, 5.74) is 0. The molecule has 0 spiro atoms. The van der Waals surface area contributed by atoms with Crippen molar-refractivity contribution in [3.8, 4) is 6.07 Å². The fraction of sp³-hybridized carbons (Fsp3) is 0.857. The first kappa shape index (κ1) is 14.3. The average Bonchev–Trinajstić information content (AvgIpc) is 3.22. The van der Waals surface area contributed by atoms with Crippen LogP contribution >= 0.6 is 0 Å². The molecule has 2 aliphatic rings. The molecule has 5 heteroatoms. The van der Waals surface area contributed by atoms with Gasteiger partial charge in [-0.05, 0) is 18.8 Å². The summed E-state index contributed by atoms with van der Waals surface area (Å²) in [6, 6.07) is 2.07. The molecule has 0 aromatic rings. The Kier molecular flexibility index (Phi) is 5.17. The van der Waals surface area contributed by atoms with Crippen LogP contribution in [0.25, 0.3) is 0 Å². The zero-order chi connectivity index (χ0) is 13.7. The molecular formula is C14H24N4O. The first-order chi connectivity index (χ1) is 9.19. The zero-order valence-corrected chi connectivity index (χ0v) is 11.8. The maximum atomic E-state index is 11.9. The van der Waals surface area contributed by atoms with Gasteiger partial charge in [-0.2, -0.15) is 5.26 Å². The van der Waals surface area contributed by atoms with E-state index in [2.05, 4.69) is 15.9 Å². The molecule has 2 fully saturated rings. The Labute approximate surface area is 115 Å². The van der Waals surface area contributed by atoms with Gasteiger partial charge in [0.1, 0.15) is 0 Å². The maximum absolute atomic E-state index is 11.9.